The second kappa shape index (κ2) is 4.35. The summed E-state index contributed by atoms with van der Waals surface area (Å²) in [5, 5.41) is 2.14. The van der Waals surface area contributed by atoms with Crippen LogP contribution in [0.1, 0.15) is 18.4 Å². The lowest BCUT2D eigenvalue weighted by Gasteiger charge is -2.12. The summed E-state index contributed by atoms with van der Waals surface area (Å²) in [7, 11) is 1.65. The molecule has 0 aliphatic heterocycles. The predicted molar refractivity (Wildman–Crippen MR) is 65.0 cm³/mol. The average molecular weight is 214 g/mol. The third-order valence-corrected chi connectivity index (χ3v) is 2.81. The van der Waals surface area contributed by atoms with Gasteiger partial charge in [-0.3, -0.25) is 0 Å². The molecule has 0 aromatic heterocycles. The van der Waals surface area contributed by atoms with Gasteiger partial charge in [0, 0.05) is 11.3 Å². The van der Waals surface area contributed by atoms with Crippen molar-refractivity contribution in [3.8, 4) is 5.75 Å². The van der Waals surface area contributed by atoms with E-state index in [4.69, 9.17) is 4.74 Å². The number of methoxy groups -OCH3 is 1. The van der Waals surface area contributed by atoms with Gasteiger partial charge in [0.2, 0.25) is 0 Å². The third kappa shape index (κ3) is 1.67. The molecule has 0 heterocycles. The van der Waals surface area contributed by atoms with Crippen LogP contribution in [-0.2, 0) is 4.79 Å². The minimum absolute atomic E-state index is 0.111. The first-order valence-electron chi connectivity index (χ1n) is 5.29. The number of hydrogen-bond acceptors (Lipinski definition) is 2. The zero-order valence-corrected chi connectivity index (χ0v) is 9.44. The summed E-state index contributed by atoms with van der Waals surface area (Å²) in [5.74, 6) is 0.710. The van der Waals surface area contributed by atoms with Crippen molar-refractivity contribution in [1.29, 1.82) is 0 Å². The fourth-order valence-electron chi connectivity index (χ4n) is 1.96. The second-order valence-electron chi connectivity index (χ2n) is 3.83. The SMILES string of the molecule is COc1cccc2cccc(C(C)C=O)c12. The predicted octanol–water partition coefficient (Wildman–Crippen LogP) is 3.15. The molecule has 0 saturated heterocycles. The molecule has 0 amide bonds. The molecule has 1 unspecified atom stereocenters. The molecule has 2 nitrogen and oxygen atoms in total. The Balaban J connectivity index is 2.78. The molecule has 0 fully saturated rings. The van der Waals surface area contributed by atoms with Crippen molar-refractivity contribution >= 4 is 17.1 Å². The lowest BCUT2D eigenvalue weighted by atomic mass is 9.95. The van der Waals surface area contributed by atoms with E-state index in [1.807, 2.05) is 43.3 Å². The van der Waals surface area contributed by atoms with Crippen LogP contribution in [0.15, 0.2) is 36.4 Å². The van der Waals surface area contributed by atoms with Gasteiger partial charge >= 0.3 is 0 Å². The number of carbonyl (C=O) groups excluding carboxylic acids is 1. The number of ether oxygens (including phenoxy) is 1. The molecule has 2 aromatic carbocycles. The van der Waals surface area contributed by atoms with E-state index in [-0.39, 0.29) is 5.92 Å². The summed E-state index contributed by atoms with van der Waals surface area (Å²) in [6, 6.07) is 11.9. The summed E-state index contributed by atoms with van der Waals surface area (Å²) < 4.78 is 5.35. The van der Waals surface area contributed by atoms with E-state index in [0.717, 1.165) is 28.4 Å². The fraction of sp³-hybridized carbons (Fsp3) is 0.214. The summed E-state index contributed by atoms with van der Waals surface area (Å²) in [5.41, 5.74) is 1.02. The van der Waals surface area contributed by atoms with E-state index in [0.29, 0.717) is 0 Å². The Morgan fingerprint density at radius 3 is 2.50 bits per heavy atom. The molecular formula is C14H14O2. The molecule has 0 saturated carbocycles. The molecule has 2 aromatic rings. The lowest BCUT2D eigenvalue weighted by molar-refractivity contribution is -0.108. The molecular weight excluding hydrogens is 200 g/mol. The fourth-order valence-corrected chi connectivity index (χ4v) is 1.96. The molecule has 2 heteroatoms. The van der Waals surface area contributed by atoms with Gasteiger partial charge in [-0.05, 0) is 17.0 Å². The van der Waals surface area contributed by atoms with Crippen molar-refractivity contribution < 1.29 is 9.53 Å². The van der Waals surface area contributed by atoms with Crippen LogP contribution in [0, 0.1) is 0 Å². The molecule has 0 N–H and O–H groups in total. The monoisotopic (exact) mass is 214 g/mol. The molecule has 1 atom stereocenters. The van der Waals surface area contributed by atoms with E-state index in [9.17, 15) is 4.79 Å². The Morgan fingerprint density at radius 1 is 1.19 bits per heavy atom. The van der Waals surface area contributed by atoms with Crippen LogP contribution in [0.5, 0.6) is 5.75 Å². The van der Waals surface area contributed by atoms with E-state index in [1.165, 1.54) is 0 Å². The number of fused-ring (bicyclic) bond motifs is 1. The highest BCUT2D eigenvalue weighted by molar-refractivity contribution is 5.93. The van der Waals surface area contributed by atoms with Crippen molar-refractivity contribution in [2.24, 2.45) is 0 Å². The van der Waals surface area contributed by atoms with Gasteiger partial charge in [0.25, 0.3) is 0 Å². The minimum Gasteiger partial charge on any atom is -0.496 e. The number of rotatable bonds is 3. The topological polar surface area (TPSA) is 26.3 Å². The third-order valence-electron chi connectivity index (χ3n) is 2.81. The Labute approximate surface area is 94.8 Å². The molecule has 0 spiro atoms. The molecule has 2 rings (SSSR count). The minimum atomic E-state index is -0.111. The molecule has 0 bridgehead atoms. The van der Waals surface area contributed by atoms with Crippen molar-refractivity contribution in [2.45, 2.75) is 12.8 Å². The van der Waals surface area contributed by atoms with Gasteiger partial charge in [0.1, 0.15) is 12.0 Å². The number of carbonyl (C=O) groups is 1. The van der Waals surface area contributed by atoms with Gasteiger partial charge in [-0.2, -0.15) is 0 Å². The van der Waals surface area contributed by atoms with Crippen LogP contribution in [0.2, 0.25) is 0 Å². The smallest absolute Gasteiger partial charge is 0.127 e. The van der Waals surface area contributed by atoms with Crippen LogP contribution >= 0.6 is 0 Å². The summed E-state index contributed by atoms with van der Waals surface area (Å²) in [4.78, 5) is 10.9. The maximum absolute atomic E-state index is 10.9. The van der Waals surface area contributed by atoms with E-state index in [1.54, 1.807) is 7.11 Å². The maximum Gasteiger partial charge on any atom is 0.127 e. The van der Waals surface area contributed by atoms with Crippen molar-refractivity contribution in [3.05, 3.63) is 42.0 Å². The van der Waals surface area contributed by atoms with Crippen LogP contribution in [-0.4, -0.2) is 13.4 Å². The Hall–Kier alpha value is -1.83. The van der Waals surface area contributed by atoms with E-state index < -0.39 is 0 Å². The van der Waals surface area contributed by atoms with Gasteiger partial charge in [0.05, 0.1) is 7.11 Å². The molecule has 0 aliphatic rings. The largest absolute Gasteiger partial charge is 0.496 e. The van der Waals surface area contributed by atoms with E-state index in [2.05, 4.69) is 0 Å². The van der Waals surface area contributed by atoms with E-state index >= 15 is 0 Å². The normalized spacial score (nSPS) is 12.4. The van der Waals surface area contributed by atoms with Crippen LogP contribution < -0.4 is 4.74 Å². The first kappa shape index (κ1) is 10.7. The molecule has 82 valence electrons. The molecule has 16 heavy (non-hydrogen) atoms. The van der Waals surface area contributed by atoms with Gasteiger partial charge < -0.3 is 9.53 Å². The maximum atomic E-state index is 10.9. The van der Waals surface area contributed by atoms with Crippen LogP contribution in [0.4, 0.5) is 0 Å². The van der Waals surface area contributed by atoms with Crippen LogP contribution in [0.25, 0.3) is 10.8 Å². The molecule has 0 radical (unpaired) electrons. The number of benzene rings is 2. The summed E-state index contributed by atoms with van der Waals surface area (Å²) in [6.07, 6.45) is 0.960. The first-order valence-corrected chi connectivity index (χ1v) is 5.29. The Bertz CT molecular complexity index is 512. The zero-order valence-electron chi connectivity index (χ0n) is 9.44. The van der Waals surface area contributed by atoms with Gasteiger partial charge in [-0.25, -0.2) is 0 Å². The summed E-state index contributed by atoms with van der Waals surface area (Å²) in [6.45, 7) is 1.90. The first-order chi connectivity index (χ1) is 7.77. The number of aldehydes is 1. The Kier molecular flexibility index (Phi) is 2.91. The standard InChI is InChI=1S/C14H14O2/c1-10(9-15)12-7-3-5-11-6-4-8-13(16-2)14(11)12/h3-10H,1-2H3. The Morgan fingerprint density at radius 2 is 1.88 bits per heavy atom. The van der Waals surface area contributed by atoms with Crippen molar-refractivity contribution in [2.75, 3.05) is 7.11 Å². The van der Waals surface area contributed by atoms with Crippen molar-refractivity contribution in [1.82, 2.24) is 0 Å². The quantitative estimate of drug-likeness (QED) is 0.734. The zero-order chi connectivity index (χ0) is 11.5. The van der Waals surface area contributed by atoms with Gasteiger partial charge in [0.15, 0.2) is 0 Å². The van der Waals surface area contributed by atoms with Crippen molar-refractivity contribution in [3.63, 3.8) is 0 Å². The second-order valence-corrected chi connectivity index (χ2v) is 3.83. The van der Waals surface area contributed by atoms with Gasteiger partial charge in [-0.15, -0.1) is 0 Å². The van der Waals surface area contributed by atoms with Crippen LogP contribution in [0.3, 0.4) is 0 Å². The highest BCUT2D eigenvalue weighted by atomic mass is 16.5. The number of hydrogen-bond donors (Lipinski definition) is 0. The average Bonchev–Trinajstić information content (AvgIpc) is 2.36. The summed E-state index contributed by atoms with van der Waals surface area (Å²) >= 11 is 0. The lowest BCUT2D eigenvalue weighted by Crippen LogP contribution is -1.97. The van der Waals surface area contributed by atoms with Gasteiger partial charge in [-0.1, -0.05) is 37.3 Å². The highest BCUT2D eigenvalue weighted by Gasteiger charge is 2.11. The highest BCUT2D eigenvalue weighted by Crippen LogP contribution is 2.32. The molecule has 0 aliphatic carbocycles.